The lowest BCUT2D eigenvalue weighted by atomic mass is 10.2. The lowest BCUT2D eigenvalue weighted by Gasteiger charge is -2.08. The molecule has 0 aliphatic carbocycles. The molecule has 3 rings (SSSR count). The maximum Gasteiger partial charge on any atom is 0.279 e. The van der Waals surface area contributed by atoms with Crippen LogP contribution in [0, 0.1) is 0 Å². The number of amides is 2. The first kappa shape index (κ1) is 16.9. The number of nitrogens with zero attached hydrogens (tertiary/aromatic N) is 3. The standard InChI is InChI=1S/C15H10Cl2N6O2/c16-8-2-1-3-9(17)12(8)14(24)21-10-6-20-23-13(10)15(25)22-11-7-18-4-5-19-11/h1-7H,(H,20,23)(H,21,24)(H,19,22,25). The molecule has 2 heterocycles. The lowest BCUT2D eigenvalue weighted by molar-refractivity contribution is 0.102. The third-order valence-corrected chi connectivity index (χ3v) is 3.73. The van der Waals surface area contributed by atoms with Crippen molar-refractivity contribution in [3.63, 3.8) is 0 Å². The van der Waals surface area contributed by atoms with Gasteiger partial charge >= 0.3 is 0 Å². The van der Waals surface area contributed by atoms with Crippen molar-refractivity contribution in [3.8, 4) is 0 Å². The molecule has 25 heavy (non-hydrogen) atoms. The van der Waals surface area contributed by atoms with Crippen molar-refractivity contribution >= 4 is 46.5 Å². The third-order valence-electron chi connectivity index (χ3n) is 3.10. The Balaban J connectivity index is 1.80. The minimum atomic E-state index is -0.567. The molecule has 0 spiro atoms. The summed E-state index contributed by atoms with van der Waals surface area (Å²) in [5.74, 6) is -0.880. The van der Waals surface area contributed by atoms with Crippen LogP contribution in [0.3, 0.4) is 0 Å². The highest BCUT2D eigenvalue weighted by molar-refractivity contribution is 6.40. The minimum absolute atomic E-state index is 0.0258. The van der Waals surface area contributed by atoms with E-state index in [9.17, 15) is 9.59 Å². The predicted octanol–water partition coefficient (Wildman–Crippen LogP) is 3.01. The second-order valence-electron chi connectivity index (χ2n) is 4.74. The van der Waals surface area contributed by atoms with E-state index in [0.717, 1.165) is 0 Å². The number of carbonyl (C=O) groups excluding carboxylic acids is 2. The number of aromatic nitrogens is 4. The number of halogens is 2. The minimum Gasteiger partial charge on any atom is -0.319 e. The molecule has 0 fully saturated rings. The molecule has 10 heteroatoms. The molecule has 0 aliphatic rings. The molecule has 0 radical (unpaired) electrons. The Bertz CT molecular complexity index is 909. The van der Waals surface area contributed by atoms with Gasteiger partial charge in [0.05, 0.1) is 27.5 Å². The van der Waals surface area contributed by atoms with Crippen LogP contribution in [0.25, 0.3) is 0 Å². The maximum absolute atomic E-state index is 12.4. The van der Waals surface area contributed by atoms with Gasteiger partial charge < -0.3 is 10.6 Å². The summed E-state index contributed by atoms with van der Waals surface area (Å²) in [6, 6.07) is 4.71. The molecule has 0 saturated carbocycles. The Morgan fingerprint density at radius 3 is 2.48 bits per heavy atom. The fourth-order valence-corrected chi connectivity index (χ4v) is 2.57. The number of anilines is 2. The summed E-state index contributed by atoms with van der Waals surface area (Å²) < 4.78 is 0. The van der Waals surface area contributed by atoms with Crippen LogP contribution in [0.2, 0.25) is 10.0 Å². The van der Waals surface area contributed by atoms with E-state index < -0.39 is 11.8 Å². The maximum atomic E-state index is 12.4. The van der Waals surface area contributed by atoms with E-state index in [4.69, 9.17) is 23.2 Å². The molecule has 126 valence electrons. The van der Waals surface area contributed by atoms with E-state index in [-0.39, 0.29) is 32.8 Å². The van der Waals surface area contributed by atoms with Crippen molar-refractivity contribution in [1.29, 1.82) is 0 Å². The Morgan fingerprint density at radius 2 is 1.80 bits per heavy atom. The van der Waals surface area contributed by atoms with Gasteiger partial charge in [-0.15, -0.1) is 0 Å². The average Bonchev–Trinajstić information content (AvgIpc) is 3.04. The molecule has 1 aromatic carbocycles. The SMILES string of the molecule is O=C(Nc1cnccn1)c1n[nH]cc1NC(=O)c1c(Cl)cccc1Cl. The van der Waals surface area contributed by atoms with E-state index in [1.165, 1.54) is 24.8 Å². The van der Waals surface area contributed by atoms with Crippen LogP contribution in [0.15, 0.2) is 43.0 Å². The molecule has 0 bridgehead atoms. The van der Waals surface area contributed by atoms with Crippen molar-refractivity contribution in [2.24, 2.45) is 0 Å². The molecular weight excluding hydrogens is 367 g/mol. The molecule has 8 nitrogen and oxygen atoms in total. The molecule has 0 aliphatic heterocycles. The van der Waals surface area contributed by atoms with Crippen LogP contribution >= 0.6 is 23.2 Å². The molecule has 0 atom stereocenters. The van der Waals surface area contributed by atoms with Gasteiger partial charge in [0.2, 0.25) is 0 Å². The Labute approximate surface area is 151 Å². The Kier molecular flexibility index (Phi) is 4.92. The second kappa shape index (κ2) is 7.29. The summed E-state index contributed by atoms with van der Waals surface area (Å²) in [5, 5.41) is 11.8. The van der Waals surface area contributed by atoms with Gasteiger partial charge in [0, 0.05) is 18.6 Å². The summed E-state index contributed by atoms with van der Waals surface area (Å²) in [5.41, 5.74) is 0.247. The van der Waals surface area contributed by atoms with Crippen molar-refractivity contribution < 1.29 is 9.59 Å². The van der Waals surface area contributed by atoms with Crippen LogP contribution in [0.5, 0.6) is 0 Å². The number of benzene rings is 1. The molecule has 0 saturated heterocycles. The third kappa shape index (κ3) is 3.76. The molecular formula is C15H10Cl2N6O2. The Hall–Kier alpha value is -2.97. The fourth-order valence-electron chi connectivity index (χ4n) is 2.00. The van der Waals surface area contributed by atoms with Gasteiger partial charge in [-0.25, -0.2) is 4.98 Å². The van der Waals surface area contributed by atoms with E-state index >= 15 is 0 Å². The summed E-state index contributed by atoms with van der Waals surface area (Å²) in [4.78, 5) is 32.5. The van der Waals surface area contributed by atoms with Crippen LogP contribution < -0.4 is 10.6 Å². The van der Waals surface area contributed by atoms with Crippen LogP contribution in [-0.2, 0) is 0 Å². The van der Waals surface area contributed by atoms with Gasteiger partial charge in [-0.1, -0.05) is 29.3 Å². The zero-order valence-corrected chi connectivity index (χ0v) is 14.0. The summed E-state index contributed by atoms with van der Waals surface area (Å²) in [6.45, 7) is 0. The summed E-state index contributed by atoms with van der Waals surface area (Å²) >= 11 is 12.0. The topological polar surface area (TPSA) is 113 Å². The van der Waals surface area contributed by atoms with Crippen LogP contribution in [0.4, 0.5) is 11.5 Å². The highest BCUT2D eigenvalue weighted by atomic mass is 35.5. The smallest absolute Gasteiger partial charge is 0.279 e. The van der Waals surface area contributed by atoms with Crippen molar-refractivity contribution in [2.75, 3.05) is 10.6 Å². The molecule has 0 unspecified atom stereocenters. The van der Waals surface area contributed by atoms with Gasteiger partial charge in [-0.2, -0.15) is 5.10 Å². The zero-order chi connectivity index (χ0) is 17.8. The number of hydrogen-bond donors (Lipinski definition) is 3. The van der Waals surface area contributed by atoms with Gasteiger partial charge in [-0.05, 0) is 12.1 Å². The fraction of sp³-hybridized carbons (Fsp3) is 0. The second-order valence-corrected chi connectivity index (χ2v) is 5.56. The number of nitrogens with one attached hydrogen (secondary N) is 3. The monoisotopic (exact) mass is 376 g/mol. The summed E-state index contributed by atoms with van der Waals surface area (Å²) in [7, 11) is 0. The highest BCUT2D eigenvalue weighted by Crippen LogP contribution is 2.25. The van der Waals surface area contributed by atoms with Crippen molar-refractivity contribution in [1.82, 2.24) is 20.2 Å². The van der Waals surface area contributed by atoms with Crippen LogP contribution in [-0.4, -0.2) is 32.0 Å². The summed E-state index contributed by atoms with van der Waals surface area (Å²) in [6.07, 6.45) is 5.66. The largest absolute Gasteiger partial charge is 0.319 e. The first-order valence-electron chi connectivity index (χ1n) is 6.93. The van der Waals surface area contributed by atoms with Gasteiger partial charge in [0.1, 0.15) is 0 Å². The van der Waals surface area contributed by atoms with E-state index in [2.05, 4.69) is 30.8 Å². The van der Waals surface area contributed by atoms with Crippen LogP contribution in [0.1, 0.15) is 20.8 Å². The molecule has 2 aromatic heterocycles. The Morgan fingerprint density at radius 1 is 1.04 bits per heavy atom. The van der Waals surface area contributed by atoms with Crippen molar-refractivity contribution in [2.45, 2.75) is 0 Å². The molecule has 2 amide bonds. The highest BCUT2D eigenvalue weighted by Gasteiger charge is 2.20. The zero-order valence-electron chi connectivity index (χ0n) is 12.5. The molecule has 3 aromatic rings. The number of hydrogen-bond acceptors (Lipinski definition) is 5. The first-order chi connectivity index (χ1) is 12.1. The normalized spacial score (nSPS) is 10.3. The van der Waals surface area contributed by atoms with Gasteiger partial charge in [-0.3, -0.25) is 19.7 Å². The van der Waals surface area contributed by atoms with E-state index in [1.54, 1.807) is 18.2 Å². The van der Waals surface area contributed by atoms with E-state index in [1.807, 2.05) is 0 Å². The molecule has 3 N–H and O–H groups in total. The quantitative estimate of drug-likeness (QED) is 0.647. The predicted molar refractivity (Wildman–Crippen MR) is 93.0 cm³/mol. The number of carbonyl (C=O) groups is 2. The lowest BCUT2D eigenvalue weighted by Crippen LogP contribution is -2.18. The number of rotatable bonds is 4. The van der Waals surface area contributed by atoms with Gasteiger partial charge in [0.25, 0.3) is 11.8 Å². The first-order valence-corrected chi connectivity index (χ1v) is 7.68. The van der Waals surface area contributed by atoms with Gasteiger partial charge in [0.15, 0.2) is 11.5 Å². The van der Waals surface area contributed by atoms with Crippen molar-refractivity contribution in [3.05, 3.63) is 64.3 Å². The van der Waals surface area contributed by atoms with E-state index in [0.29, 0.717) is 0 Å². The number of aromatic amines is 1. The number of H-pyrrole nitrogens is 1. The average molecular weight is 377 g/mol.